The van der Waals surface area contributed by atoms with Crippen molar-refractivity contribution in [1.82, 2.24) is 25.1 Å². The van der Waals surface area contributed by atoms with Gasteiger partial charge in [-0.15, -0.1) is 0 Å². The fourth-order valence-electron chi connectivity index (χ4n) is 3.73. The topological polar surface area (TPSA) is 86.9 Å². The number of ether oxygens (including phenoxy) is 1. The van der Waals surface area contributed by atoms with Crippen molar-refractivity contribution in [3.63, 3.8) is 0 Å². The van der Waals surface area contributed by atoms with E-state index >= 15 is 0 Å². The fourth-order valence-corrected chi connectivity index (χ4v) is 3.73. The first kappa shape index (κ1) is 15.8. The molecule has 1 aliphatic heterocycles. The minimum Gasteiger partial charge on any atom is -0.380 e. The van der Waals surface area contributed by atoms with E-state index in [1.807, 2.05) is 23.2 Å². The number of likely N-dealkylation sites (tertiary alicyclic amines) is 1. The van der Waals surface area contributed by atoms with Gasteiger partial charge in [-0.1, -0.05) is 12.1 Å². The molecule has 0 unspecified atom stereocenters. The van der Waals surface area contributed by atoms with Crippen molar-refractivity contribution in [1.29, 1.82) is 0 Å². The summed E-state index contributed by atoms with van der Waals surface area (Å²) < 4.78 is 5.48. The Balaban J connectivity index is 1.60. The van der Waals surface area contributed by atoms with Gasteiger partial charge in [-0.05, 0) is 24.1 Å². The van der Waals surface area contributed by atoms with Crippen molar-refractivity contribution in [2.45, 2.75) is 31.9 Å². The van der Waals surface area contributed by atoms with Crippen molar-refractivity contribution in [2.24, 2.45) is 0 Å². The van der Waals surface area contributed by atoms with Crippen LogP contribution in [0, 0.1) is 6.92 Å². The van der Waals surface area contributed by atoms with Gasteiger partial charge in [0.15, 0.2) is 0 Å². The highest BCUT2D eigenvalue weighted by atomic mass is 16.5. The largest absolute Gasteiger partial charge is 0.380 e. The zero-order valence-corrected chi connectivity index (χ0v) is 14.3. The molecule has 1 aliphatic rings. The van der Waals surface area contributed by atoms with Crippen LogP contribution in [0.2, 0.25) is 0 Å². The molecule has 2 atom stereocenters. The first-order chi connectivity index (χ1) is 12.2. The highest BCUT2D eigenvalue weighted by Crippen LogP contribution is 2.32. The van der Waals surface area contributed by atoms with Gasteiger partial charge in [0.25, 0.3) is 0 Å². The van der Waals surface area contributed by atoms with Crippen molar-refractivity contribution >= 4 is 16.8 Å². The summed E-state index contributed by atoms with van der Waals surface area (Å²) in [5.41, 5.74) is 3.26. The van der Waals surface area contributed by atoms with E-state index in [1.165, 1.54) is 11.9 Å². The second-order valence-corrected chi connectivity index (χ2v) is 6.51. The SMILES string of the molecule is CO[C@@H]1C[C@@H](c2ncn[nH]2)N(C(=O)Cc2c[nH]c3cccc(C)c23)C1. The van der Waals surface area contributed by atoms with Crippen LogP contribution in [0.15, 0.2) is 30.7 Å². The Morgan fingerprint density at radius 3 is 3.08 bits per heavy atom. The second-order valence-electron chi connectivity index (χ2n) is 6.51. The van der Waals surface area contributed by atoms with E-state index in [9.17, 15) is 4.79 Å². The number of nitrogens with zero attached hydrogens (tertiary/aromatic N) is 3. The number of benzene rings is 1. The predicted octanol–water partition coefficient (Wildman–Crippen LogP) is 2.13. The molecule has 0 aliphatic carbocycles. The van der Waals surface area contributed by atoms with E-state index in [-0.39, 0.29) is 18.1 Å². The number of methoxy groups -OCH3 is 1. The van der Waals surface area contributed by atoms with E-state index in [0.717, 1.165) is 22.9 Å². The van der Waals surface area contributed by atoms with Crippen LogP contribution in [-0.2, 0) is 16.0 Å². The van der Waals surface area contributed by atoms with E-state index in [4.69, 9.17) is 4.74 Å². The molecule has 0 spiro atoms. The van der Waals surface area contributed by atoms with E-state index in [0.29, 0.717) is 18.8 Å². The number of nitrogens with one attached hydrogen (secondary N) is 2. The summed E-state index contributed by atoms with van der Waals surface area (Å²) in [4.78, 5) is 22.4. The number of carbonyl (C=O) groups is 1. The smallest absolute Gasteiger partial charge is 0.227 e. The number of carbonyl (C=O) groups excluding carboxylic acids is 1. The number of amides is 1. The van der Waals surface area contributed by atoms with Crippen LogP contribution < -0.4 is 0 Å². The Hall–Kier alpha value is -2.67. The number of H-pyrrole nitrogens is 2. The summed E-state index contributed by atoms with van der Waals surface area (Å²) in [7, 11) is 1.68. The molecule has 1 fully saturated rings. The molecular weight excluding hydrogens is 318 g/mol. The van der Waals surface area contributed by atoms with Gasteiger partial charge in [0.2, 0.25) is 5.91 Å². The quantitative estimate of drug-likeness (QED) is 0.762. The summed E-state index contributed by atoms with van der Waals surface area (Å²) >= 11 is 0. The van der Waals surface area contributed by atoms with Crippen LogP contribution in [0.25, 0.3) is 10.9 Å². The van der Waals surface area contributed by atoms with Crippen LogP contribution in [0.3, 0.4) is 0 Å². The van der Waals surface area contributed by atoms with Crippen LogP contribution in [0.1, 0.15) is 29.4 Å². The molecule has 1 aromatic carbocycles. The van der Waals surface area contributed by atoms with E-state index < -0.39 is 0 Å². The summed E-state index contributed by atoms with van der Waals surface area (Å²) in [6.07, 6.45) is 4.50. The van der Waals surface area contributed by atoms with Gasteiger partial charge in [0.05, 0.1) is 18.6 Å². The molecule has 2 N–H and O–H groups in total. The Labute approximate surface area is 145 Å². The fraction of sp³-hybridized carbons (Fsp3) is 0.389. The van der Waals surface area contributed by atoms with Crippen molar-refractivity contribution in [2.75, 3.05) is 13.7 Å². The Morgan fingerprint density at radius 1 is 1.44 bits per heavy atom. The summed E-state index contributed by atoms with van der Waals surface area (Å²) in [6, 6.07) is 6.00. The molecule has 1 saturated heterocycles. The van der Waals surface area contributed by atoms with Crippen molar-refractivity contribution < 1.29 is 9.53 Å². The zero-order chi connectivity index (χ0) is 17.4. The average molecular weight is 339 g/mol. The van der Waals surface area contributed by atoms with Gasteiger partial charge in [-0.3, -0.25) is 9.89 Å². The molecule has 0 bridgehead atoms. The molecule has 2 aromatic heterocycles. The number of hydrogen-bond donors (Lipinski definition) is 2. The van der Waals surface area contributed by atoms with Crippen LogP contribution in [-0.4, -0.2) is 50.7 Å². The highest BCUT2D eigenvalue weighted by Gasteiger charge is 2.37. The molecule has 25 heavy (non-hydrogen) atoms. The maximum atomic E-state index is 13.0. The molecular formula is C18H21N5O2. The van der Waals surface area contributed by atoms with Gasteiger partial charge in [-0.25, -0.2) is 4.98 Å². The van der Waals surface area contributed by atoms with Crippen molar-refractivity contribution in [3.05, 3.63) is 47.7 Å². The summed E-state index contributed by atoms with van der Waals surface area (Å²) in [5.74, 6) is 0.785. The van der Waals surface area contributed by atoms with E-state index in [2.05, 4.69) is 33.2 Å². The van der Waals surface area contributed by atoms with Gasteiger partial charge >= 0.3 is 0 Å². The number of rotatable bonds is 4. The highest BCUT2D eigenvalue weighted by molar-refractivity contribution is 5.91. The molecule has 4 rings (SSSR count). The lowest BCUT2D eigenvalue weighted by atomic mass is 10.0. The molecule has 7 heteroatoms. The van der Waals surface area contributed by atoms with Gasteiger partial charge in [0.1, 0.15) is 12.2 Å². The van der Waals surface area contributed by atoms with Crippen LogP contribution >= 0.6 is 0 Å². The second kappa shape index (κ2) is 6.33. The maximum absolute atomic E-state index is 13.0. The molecule has 0 saturated carbocycles. The lowest BCUT2D eigenvalue weighted by molar-refractivity contribution is -0.131. The Bertz CT molecular complexity index is 886. The minimum absolute atomic E-state index is 0.0174. The minimum atomic E-state index is -0.119. The van der Waals surface area contributed by atoms with Gasteiger partial charge in [0, 0.05) is 37.2 Å². The van der Waals surface area contributed by atoms with Gasteiger partial charge < -0.3 is 14.6 Å². The monoisotopic (exact) mass is 339 g/mol. The molecule has 1 amide bonds. The summed E-state index contributed by atoms with van der Waals surface area (Å²) in [6.45, 7) is 2.64. The normalized spacial score (nSPS) is 20.5. The number of hydrogen-bond acceptors (Lipinski definition) is 4. The maximum Gasteiger partial charge on any atom is 0.227 e. The van der Waals surface area contributed by atoms with Crippen LogP contribution in [0.5, 0.6) is 0 Å². The zero-order valence-electron chi connectivity index (χ0n) is 14.3. The first-order valence-corrected chi connectivity index (χ1v) is 8.40. The predicted molar refractivity (Wildman–Crippen MR) is 93.0 cm³/mol. The van der Waals surface area contributed by atoms with E-state index in [1.54, 1.807) is 7.11 Å². The molecule has 0 radical (unpaired) electrons. The number of aromatic nitrogens is 4. The molecule has 7 nitrogen and oxygen atoms in total. The Kier molecular flexibility index (Phi) is 4.01. The third kappa shape index (κ3) is 2.80. The third-order valence-corrected chi connectivity index (χ3v) is 5.00. The number of aryl methyl sites for hydroxylation is 1. The standard InChI is InChI=1S/C18H21N5O2/c1-11-4-3-5-14-17(11)12(8-19-14)6-16(24)23-9-13(25-2)7-15(23)18-20-10-21-22-18/h3-5,8,10,13,15,19H,6-7,9H2,1-2H3,(H,20,21,22)/t13-,15+/m1/s1. The van der Waals surface area contributed by atoms with Crippen molar-refractivity contribution in [3.8, 4) is 0 Å². The number of aromatic amines is 2. The first-order valence-electron chi connectivity index (χ1n) is 8.40. The molecule has 3 aromatic rings. The lowest BCUT2D eigenvalue weighted by Crippen LogP contribution is -2.33. The lowest BCUT2D eigenvalue weighted by Gasteiger charge is -2.22. The molecule has 130 valence electrons. The third-order valence-electron chi connectivity index (χ3n) is 5.00. The Morgan fingerprint density at radius 2 is 2.32 bits per heavy atom. The van der Waals surface area contributed by atoms with Crippen LogP contribution in [0.4, 0.5) is 0 Å². The molecule has 3 heterocycles. The van der Waals surface area contributed by atoms with Gasteiger partial charge in [-0.2, -0.15) is 5.10 Å². The summed E-state index contributed by atoms with van der Waals surface area (Å²) in [5, 5.41) is 7.94. The number of fused-ring (bicyclic) bond motifs is 1. The average Bonchev–Trinajstić information content (AvgIpc) is 3.34.